The maximum absolute atomic E-state index is 13.5. The molecule has 0 bridgehead atoms. The van der Waals surface area contributed by atoms with Crippen molar-refractivity contribution < 1.29 is 9.59 Å². The van der Waals surface area contributed by atoms with Crippen LogP contribution in [-0.4, -0.2) is 17.9 Å². The summed E-state index contributed by atoms with van der Waals surface area (Å²) in [5.41, 5.74) is 5.48. The minimum atomic E-state index is -0.550. The molecule has 1 aliphatic rings. The number of hydrogen-bond acceptors (Lipinski definition) is 3. The fourth-order valence-corrected chi connectivity index (χ4v) is 3.44. The van der Waals surface area contributed by atoms with Crippen molar-refractivity contribution in [3.05, 3.63) is 91.0 Å². The number of nitrogens with zero attached hydrogens (tertiary/aromatic N) is 2. The van der Waals surface area contributed by atoms with E-state index in [2.05, 4.69) is 5.43 Å². The highest BCUT2D eigenvalue weighted by Gasteiger charge is 2.39. The van der Waals surface area contributed by atoms with E-state index in [1.165, 1.54) is 5.01 Å². The van der Waals surface area contributed by atoms with E-state index in [0.29, 0.717) is 12.8 Å². The van der Waals surface area contributed by atoms with Crippen LogP contribution in [0.15, 0.2) is 91.0 Å². The Morgan fingerprint density at radius 1 is 0.857 bits per heavy atom. The molecular weight excluding hydrogens is 350 g/mol. The van der Waals surface area contributed by atoms with Gasteiger partial charge in [0.05, 0.1) is 11.4 Å². The second-order valence-corrected chi connectivity index (χ2v) is 6.64. The molecule has 1 unspecified atom stereocenters. The highest BCUT2D eigenvalue weighted by atomic mass is 16.2. The Hall–Kier alpha value is -3.60. The van der Waals surface area contributed by atoms with Crippen molar-refractivity contribution in [2.75, 3.05) is 15.3 Å². The van der Waals surface area contributed by atoms with Crippen LogP contribution in [0.2, 0.25) is 0 Å². The van der Waals surface area contributed by atoms with E-state index < -0.39 is 6.04 Å². The average molecular weight is 371 g/mol. The Morgan fingerprint density at radius 3 is 2.07 bits per heavy atom. The minimum absolute atomic E-state index is 0.0303. The normalized spacial score (nSPS) is 16.1. The molecule has 1 aliphatic heterocycles. The van der Waals surface area contributed by atoms with Gasteiger partial charge in [0.25, 0.3) is 5.91 Å². The summed E-state index contributed by atoms with van der Waals surface area (Å²) in [6, 6.07) is 27.8. The Morgan fingerprint density at radius 2 is 1.43 bits per heavy atom. The number of carbonyl (C=O) groups excluding carboxylic acids is 2. The van der Waals surface area contributed by atoms with Crippen LogP contribution >= 0.6 is 0 Å². The summed E-state index contributed by atoms with van der Waals surface area (Å²) >= 11 is 0. The summed E-state index contributed by atoms with van der Waals surface area (Å²) < 4.78 is 0. The third-order valence-corrected chi connectivity index (χ3v) is 4.78. The zero-order valence-electron chi connectivity index (χ0n) is 15.4. The summed E-state index contributed by atoms with van der Waals surface area (Å²) in [5, 5.41) is 1.54. The highest BCUT2D eigenvalue weighted by Crippen LogP contribution is 2.29. The SMILES string of the molecule is O=C(C1CCC(=O)N1c1ccccc1)N(Nc1ccccc1)c1ccccc1. The number of para-hydroxylation sites is 3. The van der Waals surface area contributed by atoms with Crippen LogP contribution in [0.3, 0.4) is 0 Å². The number of carbonyl (C=O) groups is 2. The van der Waals surface area contributed by atoms with Gasteiger partial charge in [-0.1, -0.05) is 54.6 Å². The van der Waals surface area contributed by atoms with Gasteiger partial charge in [0.15, 0.2) is 0 Å². The summed E-state index contributed by atoms with van der Waals surface area (Å²) in [7, 11) is 0. The van der Waals surface area contributed by atoms with E-state index in [0.717, 1.165) is 17.1 Å². The average Bonchev–Trinajstić information content (AvgIpc) is 3.15. The predicted molar refractivity (Wildman–Crippen MR) is 111 cm³/mol. The van der Waals surface area contributed by atoms with E-state index in [-0.39, 0.29) is 11.8 Å². The largest absolute Gasteiger partial charge is 0.300 e. The molecule has 1 heterocycles. The summed E-state index contributed by atoms with van der Waals surface area (Å²) in [6.45, 7) is 0. The van der Waals surface area contributed by atoms with Crippen LogP contribution in [-0.2, 0) is 9.59 Å². The van der Waals surface area contributed by atoms with Gasteiger partial charge in [-0.15, -0.1) is 0 Å². The number of hydrazine groups is 1. The lowest BCUT2D eigenvalue weighted by atomic mass is 10.1. The van der Waals surface area contributed by atoms with Crippen LogP contribution in [0.4, 0.5) is 17.1 Å². The van der Waals surface area contributed by atoms with Crippen LogP contribution in [0.1, 0.15) is 12.8 Å². The molecule has 1 atom stereocenters. The Labute approximate surface area is 164 Å². The standard InChI is InChI=1S/C23H21N3O2/c27-22-17-16-21(25(22)19-12-6-2-7-13-19)23(28)26(20-14-8-3-9-15-20)24-18-10-4-1-5-11-18/h1-15,21,24H,16-17H2. The van der Waals surface area contributed by atoms with Crippen molar-refractivity contribution in [1.29, 1.82) is 0 Å². The van der Waals surface area contributed by atoms with Gasteiger partial charge in [0, 0.05) is 12.1 Å². The Bertz CT molecular complexity index is 945. The molecule has 0 spiro atoms. The third-order valence-electron chi connectivity index (χ3n) is 4.78. The van der Waals surface area contributed by atoms with E-state index in [9.17, 15) is 9.59 Å². The zero-order valence-corrected chi connectivity index (χ0v) is 15.4. The predicted octanol–water partition coefficient (Wildman–Crippen LogP) is 4.24. The molecule has 28 heavy (non-hydrogen) atoms. The number of hydrogen-bond donors (Lipinski definition) is 1. The maximum atomic E-state index is 13.5. The second kappa shape index (κ2) is 7.96. The van der Waals surface area contributed by atoms with Crippen molar-refractivity contribution >= 4 is 28.9 Å². The fraction of sp³-hybridized carbons (Fsp3) is 0.130. The molecule has 5 nitrogen and oxygen atoms in total. The first-order valence-electron chi connectivity index (χ1n) is 9.32. The maximum Gasteiger partial charge on any atom is 0.268 e. The number of anilines is 3. The molecule has 2 amide bonds. The van der Waals surface area contributed by atoms with Crippen LogP contribution in [0, 0.1) is 0 Å². The monoisotopic (exact) mass is 371 g/mol. The Kier molecular flexibility index (Phi) is 5.06. The lowest BCUT2D eigenvalue weighted by Crippen LogP contribution is -2.49. The lowest BCUT2D eigenvalue weighted by molar-refractivity contribution is -0.121. The van der Waals surface area contributed by atoms with E-state index in [1.807, 2.05) is 91.0 Å². The van der Waals surface area contributed by atoms with Gasteiger partial charge in [-0.25, -0.2) is 5.01 Å². The van der Waals surface area contributed by atoms with E-state index in [1.54, 1.807) is 4.90 Å². The summed E-state index contributed by atoms with van der Waals surface area (Å²) in [4.78, 5) is 27.7. The molecule has 0 saturated carbocycles. The van der Waals surface area contributed by atoms with Gasteiger partial charge in [-0.3, -0.25) is 19.9 Å². The second-order valence-electron chi connectivity index (χ2n) is 6.64. The molecule has 1 N–H and O–H groups in total. The first-order chi connectivity index (χ1) is 13.7. The van der Waals surface area contributed by atoms with Gasteiger partial charge >= 0.3 is 0 Å². The molecule has 0 aromatic heterocycles. The van der Waals surface area contributed by atoms with Gasteiger partial charge in [-0.05, 0) is 42.8 Å². The molecule has 3 aromatic rings. The lowest BCUT2D eigenvalue weighted by Gasteiger charge is -2.31. The van der Waals surface area contributed by atoms with Gasteiger partial charge < -0.3 is 0 Å². The molecule has 0 radical (unpaired) electrons. The van der Waals surface area contributed by atoms with Crippen LogP contribution in [0.5, 0.6) is 0 Å². The molecule has 0 aliphatic carbocycles. The molecule has 1 saturated heterocycles. The van der Waals surface area contributed by atoms with Crippen LogP contribution < -0.4 is 15.3 Å². The molecule has 1 fully saturated rings. The van der Waals surface area contributed by atoms with Gasteiger partial charge in [0.2, 0.25) is 5.91 Å². The van der Waals surface area contributed by atoms with E-state index in [4.69, 9.17) is 0 Å². The van der Waals surface area contributed by atoms with Crippen molar-refractivity contribution in [3.8, 4) is 0 Å². The quantitative estimate of drug-likeness (QED) is 0.683. The summed E-state index contributed by atoms with van der Waals surface area (Å²) in [5.74, 6) is -0.193. The van der Waals surface area contributed by atoms with Crippen molar-refractivity contribution in [2.24, 2.45) is 0 Å². The van der Waals surface area contributed by atoms with E-state index >= 15 is 0 Å². The van der Waals surface area contributed by atoms with Crippen LogP contribution in [0.25, 0.3) is 0 Å². The Balaban J connectivity index is 1.67. The third kappa shape index (κ3) is 3.60. The number of rotatable bonds is 5. The topological polar surface area (TPSA) is 52.7 Å². The smallest absolute Gasteiger partial charge is 0.268 e. The van der Waals surface area contributed by atoms with Crippen molar-refractivity contribution in [1.82, 2.24) is 0 Å². The molecule has 5 heteroatoms. The summed E-state index contributed by atoms with van der Waals surface area (Å²) in [6.07, 6.45) is 0.853. The van der Waals surface area contributed by atoms with Gasteiger partial charge in [-0.2, -0.15) is 0 Å². The first kappa shape index (κ1) is 17.8. The van der Waals surface area contributed by atoms with Crippen molar-refractivity contribution in [2.45, 2.75) is 18.9 Å². The zero-order chi connectivity index (χ0) is 19.3. The van der Waals surface area contributed by atoms with Gasteiger partial charge in [0.1, 0.15) is 6.04 Å². The molecule has 3 aromatic carbocycles. The molecule has 140 valence electrons. The first-order valence-corrected chi connectivity index (χ1v) is 9.32. The number of nitrogens with one attached hydrogen (secondary N) is 1. The minimum Gasteiger partial charge on any atom is -0.300 e. The molecular formula is C23H21N3O2. The number of amides is 2. The number of benzene rings is 3. The highest BCUT2D eigenvalue weighted by molar-refractivity contribution is 6.09. The van der Waals surface area contributed by atoms with Crippen molar-refractivity contribution in [3.63, 3.8) is 0 Å². The molecule has 4 rings (SSSR count). The fourth-order valence-electron chi connectivity index (χ4n) is 3.44.